The lowest BCUT2D eigenvalue weighted by Crippen LogP contribution is -2.21. The summed E-state index contributed by atoms with van der Waals surface area (Å²) in [4.78, 5) is 10.4. The van der Waals surface area contributed by atoms with E-state index >= 15 is 0 Å². The maximum absolute atomic E-state index is 10.4. The summed E-state index contributed by atoms with van der Waals surface area (Å²) in [5, 5.41) is 0. The summed E-state index contributed by atoms with van der Waals surface area (Å²) in [5.74, 6) is 0.713. The first-order valence-corrected chi connectivity index (χ1v) is 7.13. The van der Waals surface area contributed by atoms with Gasteiger partial charge in [0, 0.05) is 6.42 Å². The molecule has 1 unspecified atom stereocenters. The predicted molar refractivity (Wildman–Crippen MR) is 75.8 cm³/mol. The minimum atomic E-state index is 0.488. The Hall–Kier alpha value is -1.11. The van der Waals surface area contributed by atoms with E-state index in [4.69, 9.17) is 0 Å². The Morgan fingerprint density at radius 3 is 2.94 bits per heavy atom. The number of aryl methyl sites for hydroxylation is 1. The highest BCUT2D eigenvalue weighted by Gasteiger charge is 2.28. The van der Waals surface area contributed by atoms with E-state index in [0.29, 0.717) is 17.8 Å². The summed E-state index contributed by atoms with van der Waals surface area (Å²) in [5.41, 5.74) is 3.27. The molecule has 0 radical (unpaired) electrons. The van der Waals surface area contributed by atoms with E-state index in [0.717, 1.165) is 12.7 Å². The average molecular weight is 244 g/mol. The number of hydrogen-bond donors (Lipinski definition) is 0. The van der Waals surface area contributed by atoms with Crippen molar-refractivity contribution < 1.29 is 4.79 Å². The SMILES string of the molecule is CC1(C)CCCC(c2cccc(CCC=O)c2)C1. The molecule has 0 amide bonds. The van der Waals surface area contributed by atoms with E-state index in [2.05, 4.69) is 38.1 Å². The van der Waals surface area contributed by atoms with Crippen molar-refractivity contribution in [2.24, 2.45) is 5.41 Å². The molecule has 1 aliphatic carbocycles. The fourth-order valence-electron chi connectivity index (χ4n) is 3.21. The number of carbonyl (C=O) groups excluding carboxylic acids is 1. The second-order valence-electron chi connectivity index (χ2n) is 6.41. The van der Waals surface area contributed by atoms with E-state index in [1.807, 2.05) is 0 Å². The first kappa shape index (κ1) is 13.3. The van der Waals surface area contributed by atoms with Crippen molar-refractivity contribution in [1.82, 2.24) is 0 Å². The van der Waals surface area contributed by atoms with E-state index in [9.17, 15) is 4.79 Å². The van der Waals surface area contributed by atoms with Crippen molar-refractivity contribution in [3.8, 4) is 0 Å². The molecule has 1 aromatic carbocycles. The predicted octanol–water partition coefficient (Wildman–Crippen LogP) is 4.50. The van der Waals surface area contributed by atoms with Gasteiger partial charge in [-0.15, -0.1) is 0 Å². The van der Waals surface area contributed by atoms with Gasteiger partial charge in [0.2, 0.25) is 0 Å². The Labute approximate surface area is 111 Å². The summed E-state index contributed by atoms with van der Waals surface area (Å²) < 4.78 is 0. The second kappa shape index (κ2) is 5.69. The number of carbonyl (C=O) groups is 1. The number of aldehydes is 1. The lowest BCUT2D eigenvalue weighted by molar-refractivity contribution is -0.107. The molecule has 1 atom stereocenters. The van der Waals surface area contributed by atoms with Crippen molar-refractivity contribution in [3.63, 3.8) is 0 Å². The molecule has 0 heterocycles. The molecule has 1 aliphatic rings. The fraction of sp³-hybridized carbons (Fsp3) is 0.588. The Morgan fingerprint density at radius 2 is 2.22 bits per heavy atom. The van der Waals surface area contributed by atoms with Crippen LogP contribution in [0.5, 0.6) is 0 Å². The molecule has 0 aliphatic heterocycles. The van der Waals surface area contributed by atoms with Gasteiger partial charge in [0.05, 0.1) is 0 Å². The maximum atomic E-state index is 10.4. The Balaban J connectivity index is 2.10. The topological polar surface area (TPSA) is 17.1 Å². The van der Waals surface area contributed by atoms with Crippen LogP contribution in [-0.4, -0.2) is 6.29 Å². The van der Waals surface area contributed by atoms with Crippen molar-refractivity contribution in [3.05, 3.63) is 35.4 Å². The summed E-state index contributed by atoms with van der Waals surface area (Å²) in [6, 6.07) is 8.87. The normalized spacial score (nSPS) is 22.7. The van der Waals surface area contributed by atoms with Crippen LogP contribution in [0.15, 0.2) is 24.3 Å². The molecule has 0 spiro atoms. The maximum Gasteiger partial charge on any atom is 0.120 e. The standard InChI is InChI=1S/C17H24O/c1-17(2)10-4-9-16(13-17)15-8-3-6-14(12-15)7-5-11-18/h3,6,8,11-12,16H,4-5,7,9-10,13H2,1-2H3. The third-order valence-electron chi connectivity index (χ3n) is 4.18. The zero-order chi connectivity index (χ0) is 13.0. The minimum Gasteiger partial charge on any atom is -0.303 e. The molecule has 1 nitrogen and oxygen atoms in total. The molecule has 1 saturated carbocycles. The van der Waals surface area contributed by atoms with Gasteiger partial charge in [-0.05, 0) is 48.1 Å². The van der Waals surface area contributed by atoms with Gasteiger partial charge in [0.25, 0.3) is 0 Å². The van der Waals surface area contributed by atoms with E-state index < -0.39 is 0 Å². The molecule has 1 fully saturated rings. The van der Waals surface area contributed by atoms with Gasteiger partial charge >= 0.3 is 0 Å². The Bertz CT molecular complexity index is 406. The van der Waals surface area contributed by atoms with Crippen LogP contribution in [0.4, 0.5) is 0 Å². The monoisotopic (exact) mass is 244 g/mol. The molecule has 1 aromatic rings. The molecule has 0 bridgehead atoms. The molecule has 0 saturated heterocycles. The van der Waals surface area contributed by atoms with E-state index in [-0.39, 0.29) is 0 Å². The summed E-state index contributed by atoms with van der Waals surface area (Å²) >= 11 is 0. The lowest BCUT2D eigenvalue weighted by atomic mass is 9.70. The first-order valence-electron chi connectivity index (χ1n) is 7.13. The molecule has 0 aromatic heterocycles. The number of rotatable bonds is 4. The summed E-state index contributed by atoms with van der Waals surface area (Å²) in [7, 11) is 0. The van der Waals surface area contributed by atoms with Crippen LogP contribution >= 0.6 is 0 Å². The van der Waals surface area contributed by atoms with Crippen LogP contribution in [0.1, 0.15) is 63.0 Å². The van der Waals surface area contributed by atoms with Gasteiger partial charge in [-0.1, -0.05) is 44.5 Å². The molecule has 1 heteroatoms. The van der Waals surface area contributed by atoms with Crippen molar-refractivity contribution in [2.45, 2.75) is 58.3 Å². The quantitative estimate of drug-likeness (QED) is 0.713. The number of hydrogen-bond acceptors (Lipinski definition) is 1. The van der Waals surface area contributed by atoms with Crippen LogP contribution in [-0.2, 0) is 11.2 Å². The zero-order valence-electron chi connectivity index (χ0n) is 11.6. The van der Waals surface area contributed by atoms with Crippen LogP contribution in [0, 0.1) is 5.41 Å². The third kappa shape index (κ3) is 3.44. The molecule has 0 N–H and O–H groups in total. The lowest BCUT2D eigenvalue weighted by Gasteiger charge is -2.35. The van der Waals surface area contributed by atoms with Gasteiger partial charge in [-0.2, -0.15) is 0 Å². The Kier molecular flexibility index (Phi) is 4.21. The molecule has 98 valence electrons. The zero-order valence-corrected chi connectivity index (χ0v) is 11.6. The van der Waals surface area contributed by atoms with Crippen molar-refractivity contribution in [2.75, 3.05) is 0 Å². The number of benzene rings is 1. The van der Waals surface area contributed by atoms with Gasteiger partial charge in [-0.3, -0.25) is 0 Å². The minimum absolute atomic E-state index is 0.488. The Morgan fingerprint density at radius 1 is 1.39 bits per heavy atom. The third-order valence-corrected chi connectivity index (χ3v) is 4.18. The van der Waals surface area contributed by atoms with Gasteiger partial charge < -0.3 is 4.79 Å². The summed E-state index contributed by atoms with van der Waals surface area (Å²) in [6.45, 7) is 4.77. The average Bonchev–Trinajstić information content (AvgIpc) is 2.35. The van der Waals surface area contributed by atoms with Gasteiger partial charge in [0.15, 0.2) is 0 Å². The second-order valence-corrected chi connectivity index (χ2v) is 6.41. The highest BCUT2D eigenvalue weighted by molar-refractivity contribution is 5.50. The first-order chi connectivity index (χ1) is 8.61. The van der Waals surface area contributed by atoms with Crippen LogP contribution in [0.3, 0.4) is 0 Å². The molecule has 18 heavy (non-hydrogen) atoms. The smallest absolute Gasteiger partial charge is 0.120 e. The molecular formula is C17H24O. The fourth-order valence-corrected chi connectivity index (χ4v) is 3.21. The highest BCUT2D eigenvalue weighted by Crippen LogP contribution is 2.43. The van der Waals surface area contributed by atoms with Gasteiger partial charge in [-0.25, -0.2) is 0 Å². The van der Waals surface area contributed by atoms with Crippen LogP contribution in [0.2, 0.25) is 0 Å². The molecule has 2 rings (SSSR count). The van der Waals surface area contributed by atoms with Crippen LogP contribution in [0.25, 0.3) is 0 Å². The van der Waals surface area contributed by atoms with Crippen LogP contribution < -0.4 is 0 Å². The van der Waals surface area contributed by atoms with E-state index in [1.165, 1.54) is 36.8 Å². The summed E-state index contributed by atoms with van der Waals surface area (Å²) in [6.07, 6.45) is 7.85. The van der Waals surface area contributed by atoms with E-state index in [1.54, 1.807) is 0 Å². The highest BCUT2D eigenvalue weighted by atomic mass is 16.1. The largest absolute Gasteiger partial charge is 0.303 e. The van der Waals surface area contributed by atoms with Crippen molar-refractivity contribution >= 4 is 6.29 Å². The van der Waals surface area contributed by atoms with Crippen molar-refractivity contribution in [1.29, 1.82) is 0 Å². The molecular weight excluding hydrogens is 220 g/mol. The van der Waals surface area contributed by atoms with Gasteiger partial charge in [0.1, 0.15) is 6.29 Å².